The molecule has 1 aliphatic carbocycles. The molecule has 10 nitrogen and oxygen atoms in total. The third-order valence-corrected chi connectivity index (χ3v) is 20.1. The van der Waals surface area contributed by atoms with Gasteiger partial charge in [-0.25, -0.2) is 0 Å². The molecule has 0 amide bonds. The van der Waals surface area contributed by atoms with Crippen molar-refractivity contribution in [3.63, 3.8) is 0 Å². The Morgan fingerprint density at radius 1 is 0.312 bits per heavy atom. The highest BCUT2D eigenvalue weighted by atomic mass is 16.5. The van der Waals surface area contributed by atoms with Crippen LogP contribution in [0.5, 0.6) is 11.5 Å². The van der Waals surface area contributed by atoms with Gasteiger partial charge in [-0.3, -0.25) is 15.0 Å². The van der Waals surface area contributed by atoms with E-state index in [-0.39, 0.29) is 0 Å². The minimum atomic E-state index is -1.15. The maximum atomic E-state index is 10.4. The first kappa shape index (κ1) is 50.1. The summed E-state index contributed by atoms with van der Waals surface area (Å²) < 4.78 is 19.6. The van der Waals surface area contributed by atoms with Gasteiger partial charge in [0.1, 0.15) is 11.5 Å². The van der Waals surface area contributed by atoms with E-state index in [1.807, 2.05) is 36.9 Å². The van der Waals surface area contributed by atoms with Gasteiger partial charge in [-0.1, -0.05) is 140 Å². The van der Waals surface area contributed by atoms with Crippen LogP contribution in [0.3, 0.4) is 0 Å². The Hall–Kier alpha value is -12.8. The quantitative estimate of drug-likeness (QED) is 0.171. The van der Waals surface area contributed by atoms with E-state index in [1.54, 1.807) is 0 Å². The van der Waals surface area contributed by atoms with Gasteiger partial charge in [0.2, 0.25) is 0 Å². The largest absolute Gasteiger partial charge is 0.457 e. The Bertz CT molecular complexity index is 6260. The van der Waals surface area contributed by atoms with Crippen LogP contribution in [-0.4, -0.2) is 37.8 Å². The van der Waals surface area contributed by atoms with Gasteiger partial charge in [-0.15, -0.1) is 0 Å². The Labute approximate surface area is 530 Å². The lowest BCUT2D eigenvalue weighted by atomic mass is 9.65. The molecule has 10 heteroatoms. The number of nitriles is 1. The van der Waals surface area contributed by atoms with Gasteiger partial charge in [0.25, 0.3) is 0 Å². The molecule has 0 bridgehead atoms. The maximum absolute atomic E-state index is 10.4. The molecule has 0 atom stereocenters. The number of benzene rings is 11. The Balaban J connectivity index is 0.879. The van der Waals surface area contributed by atoms with Gasteiger partial charge in [-0.05, 0) is 115 Å². The van der Waals surface area contributed by atoms with Crippen molar-refractivity contribution in [2.75, 3.05) is 0 Å². The zero-order chi connectivity index (χ0) is 60.8. The topological polar surface area (TPSA) is 96.3 Å². The van der Waals surface area contributed by atoms with E-state index in [0.717, 1.165) is 166 Å². The smallest absolute Gasteiger partial charge is 0.134 e. The first-order valence-electron chi connectivity index (χ1n) is 31.4. The standard InChI is InChI=1S/C83H47N9O/c84-45-49-32-36-75-62(40-49)59-21-7-14-29-73(59)92(75)76-30-15-31-78-80(76)83(64-35-33-51(44-79(64)93-78)88-72-28-13-6-22-60(72)63-41-50(34-37-74(63)88)89-67-23-8-5-20-58(67)61-38-39-85-48-77(61)89)65-42-52(90-68-24-9-1-16-54(68)55-17-2-10-25-69(55)90)46-86-81(65)82-66(83)43-53(47-87-82)91-70-26-11-3-18-56(70)57-19-4-12-27-71(57)91/h1-44,46-48H. The SMILES string of the molecule is N#Cc1ccc2c(c1)c1ccccc1n2-c1cccc2c1C1(c3ccc(-n4c5ccccc5c5cc(-n6c7ccccc7c7ccncc76)ccc54)cc3O2)c2cc(-n3c4ccccc4c4ccccc43)cnc2-c2ncc(-n3c4ccccc4c4ccccc43)cc21. The van der Waals surface area contributed by atoms with Gasteiger partial charge < -0.3 is 27.6 Å². The van der Waals surface area contributed by atoms with E-state index >= 15 is 0 Å². The summed E-state index contributed by atoms with van der Waals surface area (Å²) >= 11 is 0. The fourth-order valence-corrected chi connectivity index (χ4v) is 16.4. The molecule has 0 unspecified atom stereocenters. The van der Waals surface area contributed by atoms with Gasteiger partial charge in [0.15, 0.2) is 0 Å². The number of ether oxygens (including phenoxy) is 1. The van der Waals surface area contributed by atoms with E-state index < -0.39 is 5.41 Å². The maximum Gasteiger partial charge on any atom is 0.134 e. The van der Waals surface area contributed by atoms with E-state index in [1.165, 1.54) is 5.39 Å². The normalized spacial score (nSPS) is 13.1. The van der Waals surface area contributed by atoms with Crippen LogP contribution in [0.2, 0.25) is 0 Å². The monoisotopic (exact) mass is 1190 g/mol. The van der Waals surface area contributed by atoms with Crippen molar-refractivity contribution < 1.29 is 4.74 Å². The summed E-state index contributed by atoms with van der Waals surface area (Å²) in [6, 6.07) is 96.1. The summed E-state index contributed by atoms with van der Waals surface area (Å²) in [5.41, 5.74) is 20.3. The molecule has 2 aliphatic rings. The molecular formula is C83H47N9O. The van der Waals surface area contributed by atoms with Crippen molar-refractivity contribution in [3.05, 3.63) is 313 Å². The predicted molar refractivity (Wildman–Crippen MR) is 374 cm³/mol. The van der Waals surface area contributed by atoms with Gasteiger partial charge >= 0.3 is 0 Å². The van der Waals surface area contributed by atoms with Crippen LogP contribution in [-0.2, 0) is 5.41 Å². The van der Waals surface area contributed by atoms with Crippen LogP contribution in [0.15, 0.2) is 286 Å². The number of hydrogen-bond donors (Lipinski definition) is 0. The van der Waals surface area contributed by atoms with Crippen LogP contribution in [0.1, 0.15) is 27.8 Å². The summed E-state index contributed by atoms with van der Waals surface area (Å²) in [5.74, 6) is 1.41. The number of rotatable bonds is 5. The number of aromatic nitrogens is 8. The summed E-state index contributed by atoms with van der Waals surface area (Å²) in [6.45, 7) is 0. The van der Waals surface area contributed by atoms with Crippen LogP contribution in [0, 0.1) is 11.3 Å². The highest BCUT2D eigenvalue weighted by Crippen LogP contribution is 2.64. The molecule has 8 aromatic heterocycles. The van der Waals surface area contributed by atoms with E-state index in [2.05, 4.69) is 283 Å². The average Bonchev–Trinajstić information content (AvgIpc) is 1.36. The molecule has 11 aromatic carbocycles. The average molecular weight is 1190 g/mol. The molecule has 0 radical (unpaired) electrons. The molecule has 19 aromatic rings. The molecule has 0 saturated carbocycles. The molecule has 0 fully saturated rings. The molecule has 1 aliphatic heterocycles. The number of hydrogen-bond acceptors (Lipinski definition) is 5. The molecule has 9 heterocycles. The first-order valence-corrected chi connectivity index (χ1v) is 31.4. The van der Waals surface area contributed by atoms with Gasteiger partial charge in [-0.2, -0.15) is 5.26 Å². The fourth-order valence-electron chi connectivity index (χ4n) is 16.4. The lowest BCUT2D eigenvalue weighted by Crippen LogP contribution is -2.34. The minimum Gasteiger partial charge on any atom is -0.457 e. The van der Waals surface area contributed by atoms with Crippen LogP contribution in [0.25, 0.3) is 149 Å². The molecule has 21 rings (SSSR count). The fraction of sp³-hybridized carbons (Fsp3) is 0.0120. The van der Waals surface area contributed by atoms with Crippen molar-refractivity contribution in [3.8, 4) is 57.4 Å². The second kappa shape index (κ2) is 18.4. The number of para-hydroxylation sites is 7. The summed E-state index contributed by atoms with van der Waals surface area (Å²) in [4.78, 5) is 16.0. The van der Waals surface area contributed by atoms with Crippen molar-refractivity contribution in [1.29, 1.82) is 5.26 Å². The van der Waals surface area contributed by atoms with Crippen LogP contribution in [0.4, 0.5) is 0 Å². The van der Waals surface area contributed by atoms with Crippen molar-refractivity contribution >= 4 is 109 Å². The Kier molecular flexibility index (Phi) is 9.90. The lowest BCUT2D eigenvalue weighted by molar-refractivity contribution is 0.435. The highest BCUT2D eigenvalue weighted by Gasteiger charge is 2.55. The number of nitrogens with zero attached hydrogens (tertiary/aromatic N) is 9. The third kappa shape index (κ3) is 6.55. The molecule has 430 valence electrons. The Morgan fingerprint density at radius 3 is 1.27 bits per heavy atom. The van der Waals surface area contributed by atoms with Gasteiger partial charge in [0, 0.05) is 99.8 Å². The van der Waals surface area contributed by atoms with E-state index in [4.69, 9.17) is 14.7 Å². The summed E-state index contributed by atoms with van der Waals surface area (Å²) in [6.07, 6.45) is 7.92. The second-order valence-electron chi connectivity index (χ2n) is 24.6. The Morgan fingerprint density at radius 2 is 0.731 bits per heavy atom. The molecular weight excluding hydrogens is 1140 g/mol. The number of fused-ring (bicyclic) bond motifs is 24. The zero-order valence-corrected chi connectivity index (χ0v) is 49.6. The minimum absolute atomic E-state index is 0.598. The molecule has 93 heavy (non-hydrogen) atoms. The zero-order valence-electron chi connectivity index (χ0n) is 49.6. The molecule has 1 spiro atoms. The second-order valence-corrected chi connectivity index (χ2v) is 24.6. The lowest BCUT2D eigenvalue weighted by Gasteiger charge is -2.40. The predicted octanol–water partition coefficient (Wildman–Crippen LogP) is 19.7. The molecule has 0 saturated heterocycles. The molecule has 0 N–H and O–H groups in total. The van der Waals surface area contributed by atoms with E-state index in [0.29, 0.717) is 17.1 Å². The van der Waals surface area contributed by atoms with Crippen molar-refractivity contribution in [2.24, 2.45) is 0 Å². The third-order valence-electron chi connectivity index (χ3n) is 20.1. The van der Waals surface area contributed by atoms with Crippen molar-refractivity contribution in [1.82, 2.24) is 37.8 Å². The van der Waals surface area contributed by atoms with E-state index in [9.17, 15) is 5.26 Å². The summed E-state index contributed by atoms with van der Waals surface area (Å²) in [5, 5.41) is 21.7. The highest BCUT2D eigenvalue weighted by molar-refractivity contribution is 6.14. The van der Waals surface area contributed by atoms with Crippen LogP contribution < -0.4 is 4.74 Å². The van der Waals surface area contributed by atoms with Crippen LogP contribution >= 0.6 is 0 Å². The van der Waals surface area contributed by atoms with Gasteiger partial charge in [0.05, 0.1) is 119 Å². The van der Waals surface area contributed by atoms with Crippen molar-refractivity contribution in [2.45, 2.75) is 5.41 Å². The first-order chi connectivity index (χ1) is 46.1. The number of pyridine rings is 3. The summed E-state index contributed by atoms with van der Waals surface area (Å²) in [7, 11) is 0.